The lowest BCUT2D eigenvalue weighted by Crippen LogP contribution is -2.52. The van der Waals surface area contributed by atoms with Gasteiger partial charge in [0.15, 0.2) is 0 Å². The summed E-state index contributed by atoms with van der Waals surface area (Å²) in [4.78, 5) is 22.8. The third-order valence-corrected chi connectivity index (χ3v) is 3.20. The van der Waals surface area contributed by atoms with E-state index in [1.807, 2.05) is 0 Å². The molecule has 0 aliphatic heterocycles. The van der Waals surface area contributed by atoms with Crippen LogP contribution in [0.1, 0.15) is 66.2 Å². The van der Waals surface area contributed by atoms with Crippen molar-refractivity contribution in [3.8, 4) is 0 Å². The molecule has 0 unspecified atom stereocenters. The summed E-state index contributed by atoms with van der Waals surface area (Å²) < 4.78 is 0. The molecule has 0 bridgehead atoms. The summed E-state index contributed by atoms with van der Waals surface area (Å²) in [6.45, 7) is 8.15. The van der Waals surface area contributed by atoms with Crippen LogP contribution < -0.4 is 10.6 Å². The van der Waals surface area contributed by atoms with E-state index >= 15 is 0 Å². The number of unbranched alkanes of at least 4 members (excludes halogenated alkanes) is 5. The predicted octanol–water partition coefficient (Wildman–Crippen LogP) is 3.15. The van der Waals surface area contributed by atoms with Gasteiger partial charge >= 0.3 is 12.0 Å². The number of carboxylic acids is 1. The molecule has 1 atom stereocenters. The van der Waals surface area contributed by atoms with Crippen molar-refractivity contribution in [2.45, 2.75) is 72.3 Å². The van der Waals surface area contributed by atoms with E-state index in [0.29, 0.717) is 6.54 Å². The minimum Gasteiger partial charge on any atom is -0.480 e. The van der Waals surface area contributed by atoms with Crippen molar-refractivity contribution in [3.63, 3.8) is 0 Å². The highest BCUT2D eigenvalue weighted by atomic mass is 16.4. The van der Waals surface area contributed by atoms with Crippen LogP contribution in [-0.2, 0) is 4.79 Å². The zero-order chi connectivity index (χ0) is 15.6. The number of carbonyl (C=O) groups is 2. The Morgan fingerprint density at radius 3 is 2.10 bits per heavy atom. The minimum absolute atomic E-state index is 0.402. The van der Waals surface area contributed by atoms with E-state index in [4.69, 9.17) is 5.11 Å². The second-order valence-electron chi connectivity index (χ2n) is 6.31. The topological polar surface area (TPSA) is 78.4 Å². The molecule has 3 N–H and O–H groups in total. The average molecular weight is 286 g/mol. The van der Waals surface area contributed by atoms with E-state index in [-0.39, 0.29) is 0 Å². The summed E-state index contributed by atoms with van der Waals surface area (Å²) in [5.74, 6) is -1.01. The van der Waals surface area contributed by atoms with Crippen LogP contribution in [0.15, 0.2) is 0 Å². The molecule has 2 amide bonds. The van der Waals surface area contributed by atoms with Crippen LogP contribution in [0.5, 0.6) is 0 Å². The number of urea groups is 1. The quantitative estimate of drug-likeness (QED) is 0.570. The number of hydrogen-bond acceptors (Lipinski definition) is 2. The van der Waals surface area contributed by atoms with E-state index in [9.17, 15) is 9.59 Å². The number of carbonyl (C=O) groups excluding carboxylic acids is 1. The highest BCUT2D eigenvalue weighted by Gasteiger charge is 2.32. The van der Waals surface area contributed by atoms with Crippen LogP contribution in [0, 0.1) is 5.41 Å². The lowest BCUT2D eigenvalue weighted by Gasteiger charge is -2.27. The van der Waals surface area contributed by atoms with Gasteiger partial charge in [0.05, 0.1) is 0 Å². The molecule has 0 saturated heterocycles. The fraction of sp³-hybridized carbons (Fsp3) is 0.867. The van der Waals surface area contributed by atoms with E-state index in [0.717, 1.165) is 12.8 Å². The number of rotatable bonds is 9. The molecule has 0 rings (SSSR count). The van der Waals surface area contributed by atoms with Crippen molar-refractivity contribution in [1.82, 2.24) is 10.6 Å². The predicted molar refractivity (Wildman–Crippen MR) is 80.8 cm³/mol. The first-order chi connectivity index (χ1) is 9.29. The molecule has 0 aromatic carbocycles. The van der Waals surface area contributed by atoms with Crippen LogP contribution in [0.2, 0.25) is 0 Å². The van der Waals surface area contributed by atoms with Gasteiger partial charge in [-0.2, -0.15) is 0 Å². The molecule has 0 heterocycles. The van der Waals surface area contributed by atoms with Crippen molar-refractivity contribution in [1.29, 1.82) is 0 Å². The maximum Gasteiger partial charge on any atom is 0.326 e. The third-order valence-electron chi connectivity index (χ3n) is 3.20. The largest absolute Gasteiger partial charge is 0.480 e. The number of hydrogen-bond donors (Lipinski definition) is 3. The molecule has 0 aliphatic rings. The molecule has 5 nitrogen and oxygen atoms in total. The fourth-order valence-electron chi connectivity index (χ4n) is 1.94. The molecule has 0 radical (unpaired) electrons. The third kappa shape index (κ3) is 8.77. The molecular formula is C15H30N2O3. The lowest BCUT2D eigenvalue weighted by molar-refractivity contribution is -0.141. The van der Waals surface area contributed by atoms with Crippen molar-refractivity contribution in [3.05, 3.63) is 0 Å². The molecule has 20 heavy (non-hydrogen) atoms. The molecule has 0 aromatic heterocycles. The highest BCUT2D eigenvalue weighted by Crippen LogP contribution is 2.19. The Bertz CT molecular complexity index is 298. The maximum atomic E-state index is 11.7. The zero-order valence-corrected chi connectivity index (χ0v) is 13.3. The summed E-state index contributed by atoms with van der Waals surface area (Å²) in [5, 5.41) is 14.3. The summed E-state index contributed by atoms with van der Waals surface area (Å²) in [7, 11) is 0. The molecule has 5 heteroatoms. The SMILES string of the molecule is CCCCCCCCNC(=O)N[C@H](C(=O)O)C(C)(C)C. The van der Waals surface area contributed by atoms with E-state index in [2.05, 4.69) is 17.6 Å². The maximum absolute atomic E-state index is 11.7. The molecule has 0 spiro atoms. The van der Waals surface area contributed by atoms with Gasteiger partial charge in [-0.25, -0.2) is 9.59 Å². The Hall–Kier alpha value is -1.26. The molecule has 118 valence electrons. The Labute approximate surface area is 122 Å². The first-order valence-electron chi connectivity index (χ1n) is 7.56. The Morgan fingerprint density at radius 2 is 1.60 bits per heavy atom. The van der Waals surface area contributed by atoms with Crippen molar-refractivity contribution < 1.29 is 14.7 Å². The number of nitrogens with one attached hydrogen (secondary N) is 2. The lowest BCUT2D eigenvalue weighted by atomic mass is 9.87. The second kappa shape index (κ2) is 9.61. The molecule has 0 fully saturated rings. The molecule has 0 saturated carbocycles. The van der Waals surface area contributed by atoms with Gasteiger partial charge in [0.2, 0.25) is 0 Å². The first kappa shape index (κ1) is 18.7. The second-order valence-corrected chi connectivity index (χ2v) is 6.31. The van der Waals surface area contributed by atoms with E-state index in [1.54, 1.807) is 20.8 Å². The van der Waals surface area contributed by atoms with Gasteiger partial charge in [-0.1, -0.05) is 59.8 Å². The summed E-state index contributed by atoms with van der Waals surface area (Å²) >= 11 is 0. The van der Waals surface area contributed by atoms with Crippen LogP contribution in [0.4, 0.5) is 4.79 Å². The van der Waals surface area contributed by atoms with E-state index < -0.39 is 23.5 Å². The fourth-order valence-corrected chi connectivity index (χ4v) is 1.94. The van der Waals surface area contributed by atoms with Crippen LogP contribution in [-0.4, -0.2) is 29.7 Å². The van der Waals surface area contributed by atoms with Gasteiger partial charge in [0.1, 0.15) is 6.04 Å². The monoisotopic (exact) mass is 286 g/mol. The molecule has 0 aliphatic carbocycles. The van der Waals surface area contributed by atoms with Crippen LogP contribution >= 0.6 is 0 Å². The Balaban J connectivity index is 3.84. The molecule has 0 aromatic rings. The van der Waals surface area contributed by atoms with Gasteiger partial charge in [0.25, 0.3) is 0 Å². The minimum atomic E-state index is -1.01. The van der Waals surface area contributed by atoms with Crippen LogP contribution in [0.25, 0.3) is 0 Å². The Morgan fingerprint density at radius 1 is 1.05 bits per heavy atom. The summed E-state index contributed by atoms with van der Waals surface area (Å²) in [6.07, 6.45) is 6.96. The highest BCUT2D eigenvalue weighted by molar-refractivity contribution is 5.83. The van der Waals surface area contributed by atoms with Crippen molar-refractivity contribution >= 4 is 12.0 Å². The average Bonchev–Trinajstić information content (AvgIpc) is 2.33. The van der Waals surface area contributed by atoms with Gasteiger partial charge in [-0.15, -0.1) is 0 Å². The van der Waals surface area contributed by atoms with Gasteiger partial charge in [0, 0.05) is 6.54 Å². The standard InChI is InChI=1S/C15H30N2O3/c1-5-6-7-8-9-10-11-16-14(20)17-12(13(18)19)15(2,3)4/h12H,5-11H2,1-4H3,(H,18,19)(H2,16,17,20)/t12-/m1/s1. The van der Waals surface area contributed by atoms with Crippen LogP contribution in [0.3, 0.4) is 0 Å². The number of amides is 2. The van der Waals surface area contributed by atoms with Gasteiger partial charge < -0.3 is 15.7 Å². The first-order valence-corrected chi connectivity index (χ1v) is 7.56. The zero-order valence-electron chi connectivity index (χ0n) is 13.3. The van der Waals surface area contributed by atoms with Gasteiger partial charge in [-0.05, 0) is 11.8 Å². The summed E-state index contributed by atoms with van der Waals surface area (Å²) in [6, 6.07) is -1.28. The number of carboxylic acid groups (broad SMARTS) is 1. The summed E-state index contributed by atoms with van der Waals surface area (Å²) in [5.41, 5.74) is -0.511. The normalized spacial score (nSPS) is 12.8. The number of aliphatic carboxylic acids is 1. The van der Waals surface area contributed by atoms with Crippen molar-refractivity contribution in [2.24, 2.45) is 5.41 Å². The van der Waals surface area contributed by atoms with Crippen molar-refractivity contribution in [2.75, 3.05) is 6.54 Å². The smallest absolute Gasteiger partial charge is 0.326 e. The van der Waals surface area contributed by atoms with E-state index in [1.165, 1.54) is 25.7 Å². The van der Waals surface area contributed by atoms with Gasteiger partial charge in [-0.3, -0.25) is 0 Å². The Kier molecular flexibility index (Phi) is 9.01. The molecular weight excluding hydrogens is 256 g/mol.